The summed E-state index contributed by atoms with van der Waals surface area (Å²) >= 11 is 0. The molecule has 96 valence electrons. The first kappa shape index (κ1) is 14.4. The number of non-ortho nitro benzene ring substituents is 1. The van der Waals surface area contributed by atoms with E-state index >= 15 is 0 Å². The summed E-state index contributed by atoms with van der Waals surface area (Å²) < 4.78 is 22.6. The molecule has 1 rings (SSSR count). The number of nitrogens with two attached hydrogens (primary N) is 1. The van der Waals surface area contributed by atoms with Gasteiger partial charge >= 0.3 is 0 Å². The number of nitro benzene ring substituents is 1. The van der Waals surface area contributed by atoms with Crippen molar-refractivity contribution in [3.05, 3.63) is 33.9 Å². The Bertz CT molecular complexity index is 633. The van der Waals surface area contributed by atoms with Crippen LogP contribution in [0.3, 0.4) is 0 Å². The third kappa shape index (κ3) is 3.68. The van der Waals surface area contributed by atoms with E-state index in [2.05, 4.69) is 17.3 Å². The first-order valence-electron chi connectivity index (χ1n) is 4.51. The number of benzene rings is 1. The van der Waals surface area contributed by atoms with Crippen LogP contribution < -0.4 is 11.3 Å². The zero-order chi connectivity index (χ0) is 13.8. The van der Waals surface area contributed by atoms with Crippen molar-refractivity contribution >= 4 is 25.4 Å². The molecular weight excluding hydrogens is 282 g/mol. The van der Waals surface area contributed by atoms with E-state index in [1.165, 1.54) is 6.07 Å². The van der Waals surface area contributed by atoms with Crippen molar-refractivity contribution in [1.82, 2.24) is 5.43 Å². The lowest BCUT2D eigenvalue weighted by Crippen LogP contribution is -2.21. The van der Waals surface area contributed by atoms with Crippen molar-refractivity contribution in [3.63, 3.8) is 0 Å². The predicted octanol–water partition coefficient (Wildman–Crippen LogP) is 0.337. The Morgan fingerprint density at radius 3 is 2.67 bits per heavy atom. The smallest absolute Gasteiger partial charge is 0.270 e. The van der Waals surface area contributed by atoms with Gasteiger partial charge in [0.05, 0.1) is 11.5 Å². The molecule has 0 bridgehead atoms. The first-order valence-corrected chi connectivity index (χ1v) is 6.82. The van der Waals surface area contributed by atoms with E-state index in [0.29, 0.717) is 0 Å². The van der Waals surface area contributed by atoms with E-state index in [4.69, 9.17) is 16.5 Å². The average molecular weight is 290 g/mol. The Morgan fingerprint density at radius 1 is 1.50 bits per heavy atom. The van der Waals surface area contributed by atoms with Crippen molar-refractivity contribution in [3.8, 4) is 11.8 Å². The summed E-state index contributed by atoms with van der Waals surface area (Å²) in [5.74, 6) is 10.0. The molecule has 0 aromatic heterocycles. The van der Waals surface area contributed by atoms with Gasteiger partial charge in [-0.25, -0.2) is 13.8 Å². The second-order valence-electron chi connectivity index (χ2n) is 3.06. The Hall–Kier alpha value is -1.66. The third-order valence-corrected chi connectivity index (χ3v) is 3.21. The predicted molar refractivity (Wildman–Crippen MR) is 65.2 cm³/mol. The summed E-state index contributed by atoms with van der Waals surface area (Å²) in [4.78, 5) is 9.44. The van der Waals surface area contributed by atoms with Gasteiger partial charge in [0, 0.05) is 28.4 Å². The van der Waals surface area contributed by atoms with Gasteiger partial charge < -0.3 is 0 Å². The lowest BCUT2D eigenvalue weighted by molar-refractivity contribution is -0.385. The minimum absolute atomic E-state index is 0.0749. The number of hydrogen-bond donors (Lipinski definition) is 2. The van der Waals surface area contributed by atoms with Crippen LogP contribution in [-0.4, -0.2) is 19.9 Å². The normalized spacial score (nSPS) is 10.6. The zero-order valence-corrected chi connectivity index (χ0v) is 10.5. The van der Waals surface area contributed by atoms with Crippen LogP contribution in [0.15, 0.2) is 23.1 Å². The molecule has 0 aliphatic rings. The Kier molecular flexibility index (Phi) is 4.63. The third-order valence-electron chi connectivity index (χ3n) is 1.85. The molecule has 7 nitrogen and oxygen atoms in total. The minimum atomic E-state index is -4.11. The highest BCUT2D eigenvalue weighted by Gasteiger charge is 2.19. The summed E-state index contributed by atoms with van der Waals surface area (Å²) in [7, 11) is 1.08. The second kappa shape index (κ2) is 5.79. The van der Waals surface area contributed by atoms with E-state index in [1.54, 1.807) is 0 Å². The van der Waals surface area contributed by atoms with E-state index in [-0.39, 0.29) is 17.8 Å². The van der Waals surface area contributed by atoms with Crippen molar-refractivity contribution in [2.75, 3.05) is 6.54 Å². The summed E-state index contributed by atoms with van der Waals surface area (Å²) in [5.41, 5.74) is 1.96. The molecule has 0 unspecified atom stereocenters. The van der Waals surface area contributed by atoms with Gasteiger partial charge in [-0.1, -0.05) is 11.8 Å². The quantitative estimate of drug-likeness (QED) is 0.272. The number of rotatable bonds is 3. The van der Waals surface area contributed by atoms with E-state index in [0.717, 1.165) is 12.1 Å². The number of nitrogens with zero attached hydrogens (tertiary/aromatic N) is 1. The van der Waals surface area contributed by atoms with Gasteiger partial charge in [-0.15, -0.1) is 0 Å². The lowest BCUT2D eigenvalue weighted by Gasteiger charge is -2.00. The van der Waals surface area contributed by atoms with Crippen LogP contribution in [0.4, 0.5) is 5.69 Å². The number of nitro groups is 1. The number of hydrazine groups is 1. The molecule has 3 N–H and O–H groups in total. The monoisotopic (exact) mass is 289 g/mol. The minimum Gasteiger partial charge on any atom is -0.271 e. The molecule has 0 fully saturated rings. The Labute approximate surface area is 107 Å². The lowest BCUT2D eigenvalue weighted by atomic mass is 10.2. The van der Waals surface area contributed by atoms with Crippen LogP contribution in [0.2, 0.25) is 0 Å². The number of hydrogen-bond acceptors (Lipinski definition) is 6. The molecule has 0 atom stereocenters. The fourth-order valence-corrected chi connectivity index (χ4v) is 2.15. The molecular formula is C9H8ClN3O4S. The van der Waals surface area contributed by atoms with Gasteiger partial charge in [-0.3, -0.25) is 16.0 Å². The maximum Gasteiger partial charge on any atom is 0.270 e. The highest BCUT2D eigenvalue weighted by atomic mass is 35.7. The van der Waals surface area contributed by atoms with E-state index < -0.39 is 18.9 Å². The molecule has 0 aliphatic carbocycles. The SMILES string of the molecule is NNCC#Cc1ccc([N+](=O)[O-])cc1S(=O)(=O)Cl. The summed E-state index contributed by atoms with van der Waals surface area (Å²) in [6.45, 7) is 0.138. The number of halogens is 1. The summed E-state index contributed by atoms with van der Waals surface area (Å²) in [5, 5.41) is 10.6. The zero-order valence-electron chi connectivity index (χ0n) is 8.88. The maximum absolute atomic E-state index is 11.3. The topological polar surface area (TPSA) is 115 Å². The van der Waals surface area contributed by atoms with Gasteiger partial charge in [-0.05, 0) is 6.07 Å². The van der Waals surface area contributed by atoms with Crippen LogP contribution >= 0.6 is 10.7 Å². The molecule has 0 saturated carbocycles. The summed E-state index contributed by atoms with van der Waals surface area (Å²) in [6.07, 6.45) is 0. The fraction of sp³-hybridized carbons (Fsp3) is 0.111. The summed E-state index contributed by atoms with van der Waals surface area (Å²) in [6, 6.07) is 3.23. The van der Waals surface area contributed by atoms with Gasteiger partial charge in [0.2, 0.25) is 0 Å². The Morgan fingerprint density at radius 2 is 2.17 bits per heavy atom. The van der Waals surface area contributed by atoms with Crippen LogP contribution in [0, 0.1) is 22.0 Å². The van der Waals surface area contributed by atoms with Crippen molar-refractivity contribution in [2.24, 2.45) is 5.84 Å². The standard InChI is InChI=1S/C9H8ClN3O4S/c10-18(16,17)9-6-8(13(14)15)4-3-7(9)2-1-5-12-11/h3-4,6,12H,5,11H2. The second-order valence-corrected chi connectivity index (χ2v) is 5.59. The van der Waals surface area contributed by atoms with Crippen LogP contribution in [0.1, 0.15) is 5.56 Å². The Balaban J connectivity index is 3.37. The van der Waals surface area contributed by atoms with Gasteiger partial charge in [-0.2, -0.15) is 0 Å². The number of nitrogens with one attached hydrogen (secondary N) is 1. The molecule has 0 spiro atoms. The highest BCUT2D eigenvalue weighted by Crippen LogP contribution is 2.24. The molecule has 18 heavy (non-hydrogen) atoms. The maximum atomic E-state index is 11.3. The van der Waals surface area contributed by atoms with Crippen molar-refractivity contribution < 1.29 is 13.3 Å². The fourth-order valence-electron chi connectivity index (χ4n) is 1.12. The van der Waals surface area contributed by atoms with Gasteiger partial charge in [0.25, 0.3) is 14.7 Å². The van der Waals surface area contributed by atoms with Gasteiger partial charge in [0.15, 0.2) is 0 Å². The highest BCUT2D eigenvalue weighted by molar-refractivity contribution is 8.13. The molecule has 0 amide bonds. The van der Waals surface area contributed by atoms with Crippen molar-refractivity contribution in [2.45, 2.75) is 4.90 Å². The van der Waals surface area contributed by atoms with Crippen LogP contribution in [0.5, 0.6) is 0 Å². The van der Waals surface area contributed by atoms with Crippen LogP contribution in [-0.2, 0) is 9.05 Å². The average Bonchev–Trinajstić information content (AvgIpc) is 2.28. The molecule has 0 saturated heterocycles. The molecule has 1 aromatic carbocycles. The largest absolute Gasteiger partial charge is 0.271 e. The molecule has 0 radical (unpaired) electrons. The molecule has 9 heteroatoms. The van der Waals surface area contributed by atoms with Gasteiger partial charge in [0.1, 0.15) is 4.90 Å². The van der Waals surface area contributed by atoms with E-state index in [1.807, 2.05) is 0 Å². The van der Waals surface area contributed by atoms with Crippen LogP contribution in [0.25, 0.3) is 0 Å². The molecule has 0 heterocycles. The molecule has 1 aromatic rings. The van der Waals surface area contributed by atoms with Crippen molar-refractivity contribution in [1.29, 1.82) is 0 Å². The molecule has 0 aliphatic heterocycles. The van der Waals surface area contributed by atoms with E-state index in [9.17, 15) is 18.5 Å². The first-order chi connectivity index (χ1) is 8.36.